The maximum absolute atomic E-state index is 12.1. The minimum absolute atomic E-state index is 0.0500. The lowest BCUT2D eigenvalue weighted by Crippen LogP contribution is -2.44. The van der Waals surface area contributed by atoms with Crippen molar-refractivity contribution in [3.8, 4) is 5.75 Å². The summed E-state index contributed by atoms with van der Waals surface area (Å²) in [6.45, 7) is 3.00. The second-order valence-corrected chi connectivity index (χ2v) is 6.09. The van der Waals surface area contributed by atoms with Gasteiger partial charge in [0.2, 0.25) is 0 Å². The molecule has 19 heavy (non-hydrogen) atoms. The Hall–Kier alpha value is -0.740. The molecule has 0 aromatic heterocycles. The van der Waals surface area contributed by atoms with Crippen LogP contribution in [-0.4, -0.2) is 30.0 Å². The maximum Gasteiger partial charge on any atom is 0.260 e. The highest BCUT2D eigenvalue weighted by Gasteiger charge is 2.23. The van der Waals surface area contributed by atoms with Gasteiger partial charge in [-0.15, -0.1) is 0 Å². The molecule has 0 aliphatic carbocycles. The van der Waals surface area contributed by atoms with Gasteiger partial charge in [0, 0.05) is 17.6 Å². The van der Waals surface area contributed by atoms with E-state index < -0.39 is 0 Å². The molecule has 1 aliphatic heterocycles. The first kappa shape index (κ1) is 14.7. The van der Waals surface area contributed by atoms with Crippen molar-refractivity contribution < 1.29 is 9.53 Å². The Kier molecular flexibility index (Phi) is 5.11. The van der Waals surface area contributed by atoms with E-state index in [2.05, 4.69) is 22.9 Å². The number of piperidine rings is 1. The Morgan fingerprint density at radius 1 is 1.53 bits per heavy atom. The van der Waals surface area contributed by atoms with E-state index in [0.717, 1.165) is 23.9 Å². The molecule has 0 spiro atoms. The number of rotatable bonds is 3. The number of carbonyl (C=O) groups is 1. The number of carbonyl (C=O) groups excluding carboxylic acids is 1. The zero-order valence-electron chi connectivity index (χ0n) is 10.9. The van der Waals surface area contributed by atoms with Gasteiger partial charge in [0.15, 0.2) is 6.61 Å². The highest BCUT2D eigenvalue weighted by Crippen LogP contribution is 2.28. The molecular weight excluding hydrogens is 330 g/mol. The van der Waals surface area contributed by atoms with Crippen molar-refractivity contribution in [1.82, 2.24) is 4.90 Å². The first-order valence-corrected chi connectivity index (χ1v) is 7.62. The Morgan fingerprint density at radius 2 is 2.32 bits per heavy atom. The molecule has 1 aromatic rings. The molecule has 0 radical (unpaired) electrons. The van der Waals surface area contributed by atoms with Crippen LogP contribution in [-0.2, 0) is 4.79 Å². The van der Waals surface area contributed by atoms with E-state index in [1.54, 1.807) is 18.2 Å². The quantitative estimate of drug-likeness (QED) is 0.831. The van der Waals surface area contributed by atoms with Gasteiger partial charge in [-0.1, -0.05) is 11.6 Å². The van der Waals surface area contributed by atoms with Gasteiger partial charge in [0.25, 0.3) is 5.91 Å². The van der Waals surface area contributed by atoms with Crippen LogP contribution in [0.25, 0.3) is 0 Å². The van der Waals surface area contributed by atoms with Crippen LogP contribution in [0.4, 0.5) is 0 Å². The van der Waals surface area contributed by atoms with Gasteiger partial charge in [-0.25, -0.2) is 0 Å². The normalized spacial score (nSPS) is 19.3. The number of halogens is 2. The SMILES string of the molecule is CC1CCCCN1C(=O)COc1ccc(Cl)cc1Br. The van der Waals surface area contributed by atoms with Crippen LogP contribution in [0.1, 0.15) is 26.2 Å². The number of benzene rings is 1. The number of hydrogen-bond donors (Lipinski definition) is 0. The van der Waals surface area contributed by atoms with Gasteiger partial charge in [0.05, 0.1) is 4.47 Å². The second-order valence-electron chi connectivity index (χ2n) is 4.80. The second kappa shape index (κ2) is 6.62. The third-order valence-electron chi connectivity index (χ3n) is 3.37. The molecule has 1 aliphatic rings. The molecule has 3 nitrogen and oxygen atoms in total. The average Bonchev–Trinajstić information content (AvgIpc) is 2.38. The van der Waals surface area contributed by atoms with E-state index >= 15 is 0 Å². The van der Waals surface area contributed by atoms with Crippen LogP contribution in [0.2, 0.25) is 5.02 Å². The average molecular weight is 347 g/mol. The molecule has 5 heteroatoms. The van der Waals surface area contributed by atoms with Crippen molar-refractivity contribution in [2.45, 2.75) is 32.2 Å². The molecule has 1 saturated heterocycles. The molecule has 1 atom stereocenters. The lowest BCUT2D eigenvalue weighted by atomic mass is 10.0. The smallest absolute Gasteiger partial charge is 0.260 e. The summed E-state index contributed by atoms with van der Waals surface area (Å²) in [7, 11) is 0. The highest BCUT2D eigenvalue weighted by atomic mass is 79.9. The Balaban J connectivity index is 1.92. The highest BCUT2D eigenvalue weighted by molar-refractivity contribution is 9.10. The number of likely N-dealkylation sites (tertiary alicyclic amines) is 1. The first-order chi connectivity index (χ1) is 9.08. The van der Waals surface area contributed by atoms with E-state index in [4.69, 9.17) is 16.3 Å². The zero-order valence-corrected chi connectivity index (χ0v) is 13.2. The molecule has 104 valence electrons. The molecule has 0 saturated carbocycles. The van der Waals surface area contributed by atoms with Gasteiger partial charge < -0.3 is 9.64 Å². The van der Waals surface area contributed by atoms with Crippen molar-refractivity contribution in [3.63, 3.8) is 0 Å². The van der Waals surface area contributed by atoms with Crippen LogP contribution in [0.3, 0.4) is 0 Å². The van der Waals surface area contributed by atoms with E-state index in [1.165, 1.54) is 6.42 Å². The topological polar surface area (TPSA) is 29.5 Å². The third kappa shape index (κ3) is 3.86. The molecule has 1 fully saturated rings. The summed E-state index contributed by atoms with van der Waals surface area (Å²) >= 11 is 9.23. The van der Waals surface area contributed by atoms with Crippen molar-refractivity contribution in [2.75, 3.05) is 13.2 Å². The summed E-state index contributed by atoms with van der Waals surface area (Å²) in [5.41, 5.74) is 0. The fourth-order valence-electron chi connectivity index (χ4n) is 2.28. The van der Waals surface area contributed by atoms with Gasteiger partial charge in [-0.05, 0) is 60.3 Å². The first-order valence-electron chi connectivity index (χ1n) is 6.45. The zero-order chi connectivity index (χ0) is 13.8. The number of amides is 1. The van der Waals surface area contributed by atoms with Crippen LogP contribution in [0.15, 0.2) is 22.7 Å². The van der Waals surface area contributed by atoms with Crippen molar-refractivity contribution in [2.24, 2.45) is 0 Å². The molecule has 0 bridgehead atoms. The Morgan fingerprint density at radius 3 is 3.00 bits per heavy atom. The summed E-state index contributed by atoms with van der Waals surface area (Å²) in [4.78, 5) is 14.0. The van der Waals surface area contributed by atoms with E-state index in [-0.39, 0.29) is 12.5 Å². The molecule has 2 rings (SSSR count). The molecule has 1 unspecified atom stereocenters. The van der Waals surface area contributed by atoms with E-state index in [0.29, 0.717) is 16.8 Å². The lowest BCUT2D eigenvalue weighted by molar-refractivity contribution is -0.136. The minimum atomic E-state index is 0.0500. The maximum atomic E-state index is 12.1. The monoisotopic (exact) mass is 345 g/mol. The van der Waals surface area contributed by atoms with Crippen molar-refractivity contribution in [1.29, 1.82) is 0 Å². The summed E-state index contributed by atoms with van der Waals surface area (Å²) in [5.74, 6) is 0.691. The number of nitrogens with zero attached hydrogens (tertiary/aromatic N) is 1. The molecular formula is C14H17BrClNO2. The van der Waals surface area contributed by atoms with Gasteiger partial charge in [0.1, 0.15) is 5.75 Å². The third-order valence-corrected chi connectivity index (χ3v) is 4.22. The summed E-state index contributed by atoms with van der Waals surface area (Å²) in [5, 5.41) is 0.634. The van der Waals surface area contributed by atoms with Crippen LogP contribution < -0.4 is 4.74 Å². The summed E-state index contributed by atoms with van der Waals surface area (Å²) < 4.78 is 6.32. The van der Waals surface area contributed by atoms with Gasteiger partial charge in [-0.3, -0.25) is 4.79 Å². The minimum Gasteiger partial charge on any atom is -0.483 e. The molecule has 1 aromatic carbocycles. The number of ether oxygens (including phenoxy) is 1. The van der Waals surface area contributed by atoms with Crippen LogP contribution in [0.5, 0.6) is 5.75 Å². The fourth-order valence-corrected chi connectivity index (χ4v) is 3.08. The van der Waals surface area contributed by atoms with E-state index in [9.17, 15) is 4.79 Å². The largest absolute Gasteiger partial charge is 0.483 e. The van der Waals surface area contributed by atoms with Crippen molar-refractivity contribution >= 4 is 33.4 Å². The lowest BCUT2D eigenvalue weighted by Gasteiger charge is -2.33. The molecule has 0 N–H and O–H groups in total. The predicted octanol–water partition coefficient (Wildman–Crippen LogP) is 3.88. The van der Waals surface area contributed by atoms with Crippen LogP contribution >= 0.6 is 27.5 Å². The Labute approximate surface area is 127 Å². The summed E-state index contributed by atoms with van der Waals surface area (Å²) in [6.07, 6.45) is 3.37. The molecule has 1 heterocycles. The summed E-state index contributed by atoms with van der Waals surface area (Å²) in [6, 6.07) is 5.58. The number of hydrogen-bond acceptors (Lipinski definition) is 2. The molecule has 1 amide bonds. The fraction of sp³-hybridized carbons (Fsp3) is 0.500. The Bertz CT molecular complexity index is 467. The van der Waals surface area contributed by atoms with Crippen LogP contribution in [0, 0.1) is 0 Å². The van der Waals surface area contributed by atoms with Gasteiger partial charge in [-0.2, -0.15) is 0 Å². The van der Waals surface area contributed by atoms with E-state index in [1.807, 2.05) is 4.90 Å². The van der Waals surface area contributed by atoms with Gasteiger partial charge >= 0.3 is 0 Å². The predicted molar refractivity (Wildman–Crippen MR) is 79.7 cm³/mol. The standard InChI is InChI=1S/C14H17BrClNO2/c1-10-4-2-3-7-17(10)14(18)9-19-13-6-5-11(16)8-12(13)15/h5-6,8,10H,2-4,7,9H2,1H3. The van der Waals surface area contributed by atoms with Crippen molar-refractivity contribution in [3.05, 3.63) is 27.7 Å².